The third-order valence-corrected chi connectivity index (χ3v) is 6.21. The Bertz CT molecular complexity index is 674. The smallest absolute Gasteiger partial charge is 0.225 e. The molecule has 8 heteroatoms. The zero-order valence-corrected chi connectivity index (χ0v) is 17.2. The number of likely N-dealkylation sites (tertiary alicyclic amines) is 1. The zero-order chi connectivity index (χ0) is 19.8. The number of ether oxygens (including phenoxy) is 1. The minimum atomic E-state index is -0.177. The number of carbonyl (C=O) groups is 1. The number of halogens is 1. The molecule has 1 amide bonds. The summed E-state index contributed by atoms with van der Waals surface area (Å²) < 4.78 is 19.0. The van der Waals surface area contributed by atoms with Crippen LogP contribution in [0.3, 0.4) is 0 Å². The molecule has 154 valence electrons. The van der Waals surface area contributed by atoms with Crippen LogP contribution >= 0.6 is 11.8 Å². The van der Waals surface area contributed by atoms with Crippen molar-refractivity contribution in [2.24, 2.45) is 10.9 Å². The van der Waals surface area contributed by atoms with Crippen LogP contribution in [0.1, 0.15) is 12.8 Å². The fourth-order valence-corrected chi connectivity index (χ4v) is 4.40. The average Bonchev–Trinajstić information content (AvgIpc) is 2.75. The number of nitrogens with one attached hydrogen (secondary N) is 1. The van der Waals surface area contributed by atoms with Gasteiger partial charge in [0.1, 0.15) is 5.82 Å². The van der Waals surface area contributed by atoms with Gasteiger partial charge in [0.05, 0.1) is 13.2 Å². The summed E-state index contributed by atoms with van der Waals surface area (Å²) in [6.07, 6.45) is 1.70. The van der Waals surface area contributed by atoms with Crippen LogP contribution in [0.4, 0.5) is 4.39 Å². The number of hydrogen-bond acceptors (Lipinski definition) is 4. The lowest BCUT2D eigenvalue weighted by Gasteiger charge is -2.36. The zero-order valence-electron chi connectivity index (χ0n) is 16.4. The van der Waals surface area contributed by atoms with Gasteiger partial charge in [-0.1, -0.05) is 12.1 Å². The molecule has 2 saturated heterocycles. The predicted octanol–water partition coefficient (Wildman–Crippen LogP) is 2.06. The summed E-state index contributed by atoms with van der Waals surface area (Å²) in [4.78, 5) is 21.8. The first-order valence-electron chi connectivity index (χ1n) is 9.88. The molecule has 1 aromatic rings. The van der Waals surface area contributed by atoms with Gasteiger partial charge >= 0.3 is 0 Å². The average molecular weight is 409 g/mol. The first-order valence-corrected chi connectivity index (χ1v) is 10.9. The van der Waals surface area contributed by atoms with E-state index in [0.717, 1.165) is 37.6 Å². The highest BCUT2D eigenvalue weighted by atomic mass is 32.2. The van der Waals surface area contributed by atoms with Gasteiger partial charge in [0.2, 0.25) is 5.91 Å². The van der Waals surface area contributed by atoms with Crippen molar-refractivity contribution in [3.05, 3.63) is 30.1 Å². The second kappa shape index (κ2) is 10.7. The number of rotatable bonds is 5. The van der Waals surface area contributed by atoms with Gasteiger partial charge in [0.25, 0.3) is 0 Å². The fourth-order valence-electron chi connectivity index (χ4n) is 3.60. The molecule has 0 atom stereocenters. The van der Waals surface area contributed by atoms with Gasteiger partial charge in [-0.25, -0.2) is 4.39 Å². The third-order valence-electron chi connectivity index (χ3n) is 5.16. The highest BCUT2D eigenvalue weighted by Crippen LogP contribution is 2.22. The molecule has 2 fully saturated rings. The lowest BCUT2D eigenvalue weighted by atomic mass is 9.95. The lowest BCUT2D eigenvalue weighted by Crippen LogP contribution is -2.50. The van der Waals surface area contributed by atoms with E-state index in [0.29, 0.717) is 37.7 Å². The second-order valence-electron chi connectivity index (χ2n) is 6.95. The molecule has 2 aliphatic rings. The number of carbonyl (C=O) groups excluding carboxylic acids is 1. The van der Waals surface area contributed by atoms with E-state index in [-0.39, 0.29) is 17.6 Å². The molecule has 2 aliphatic heterocycles. The van der Waals surface area contributed by atoms with Crippen LogP contribution in [0, 0.1) is 11.7 Å². The maximum Gasteiger partial charge on any atom is 0.225 e. The Labute approximate surface area is 170 Å². The first kappa shape index (κ1) is 20.9. The Kier molecular flexibility index (Phi) is 7.97. The van der Waals surface area contributed by atoms with Crippen LogP contribution in [0.2, 0.25) is 0 Å². The normalized spacial score (nSPS) is 19.0. The quantitative estimate of drug-likeness (QED) is 0.350. The van der Waals surface area contributed by atoms with Gasteiger partial charge in [-0.3, -0.25) is 9.79 Å². The minimum absolute atomic E-state index is 0.101. The molecule has 0 unspecified atom stereocenters. The summed E-state index contributed by atoms with van der Waals surface area (Å²) >= 11 is 1.49. The van der Waals surface area contributed by atoms with E-state index in [9.17, 15) is 9.18 Å². The van der Waals surface area contributed by atoms with Crippen molar-refractivity contribution in [2.45, 2.75) is 17.7 Å². The van der Waals surface area contributed by atoms with Crippen molar-refractivity contribution in [3.8, 4) is 0 Å². The summed E-state index contributed by atoms with van der Waals surface area (Å²) in [5.41, 5.74) is 0. The van der Waals surface area contributed by atoms with Crippen LogP contribution < -0.4 is 5.32 Å². The Hall–Kier alpha value is -1.80. The molecule has 0 spiro atoms. The molecule has 0 saturated carbocycles. The summed E-state index contributed by atoms with van der Waals surface area (Å²) in [7, 11) is 1.78. The molecule has 0 radical (unpaired) electrons. The van der Waals surface area contributed by atoms with Crippen molar-refractivity contribution in [1.29, 1.82) is 0 Å². The molecule has 2 heterocycles. The summed E-state index contributed by atoms with van der Waals surface area (Å²) in [6, 6.07) is 6.83. The van der Waals surface area contributed by atoms with Crippen LogP contribution in [0.25, 0.3) is 0 Å². The largest absolute Gasteiger partial charge is 0.378 e. The summed E-state index contributed by atoms with van der Waals surface area (Å²) in [5.74, 6) is 1.80. The molecule has 0 bridgehead atoms. The highest BCUT2D eigenvalue weighted by molar-refractivity contribution is 7.99. The van der Waals surface area contributed by atoms with Crippen molar-refractivity contribution in [1.82, 2.24) is 15.1 Å². The molecule has 6 nitrogen and oxygen atoms in total. The maximum atomic E-state index is 13.7. The van der Waals surface area contributed by atoms with Crippen molar-refractivity contribution >= 4 is 23.6 Å². The molecular weight excluding hydrogens is 379 g/mol. The van der Waals surface area contributed by atoms with Gasteiger partial charge < -0.3 is 19.9 Å². The van der Waals surface area contributed by atoms with Gasteiger partial charge in [-0.15, -0.1) is 11.8 Å². The second-order valence-corrected chi connectivity index (χ2v) is 8.09. The van der Waals surface area contributed by atoms with Gasteiger partial charge in [0, 0.05) is 56.3 Å². The first-order chi connectivity index (χ1) is 13.7. The molecule has 28 heavy (non-hydrogen) atoms. The van der Waals surface area contributed by atoms with Gasteiger partial charge in [-0.05, 0) is 25.0 Å². The molecule has 0 aromatic heterocycles. The molecule has 1 N–H and O–H groups in total. The number of nitrogens with zero attached hydrogens (tertiary/aromatic N) is 3. The van der Waals surface area contributed by atoms with E-state index in [1.54, 1.807) is 19.2 Å². The maximum absolute atomic E-state index is 13.7. The number of hydrogen-bond donors (Lipinski definition) is 1. The number of guanidine groups is 1. The van der Waals surface area contributed by atoms with Crippen molar-refractivity contribution in [3.63, 3.8) is 0 Å². The molecule has 1 aromatic carbocycles. The Balaban J connectivity index is 1.39. The number of aliphatic imine (C=N–C) groups is 1. The van der Waals surface area contributed by atoms with Crippen LogP contribution in [0.5, 0.6) is 0 Å². The number of morpholine rings is 1. The molecule has 0 aliphatic carbocycles. The van der Waals surface area contributed by atoms with Gasteiger partial charge in [-0.2, -0.15) is 0 Å². The fraction of sp³-hybridized carbons (Fsp3) is 0.600. The van der Waals surface area contributed by atoms with E-state index in [1.807, 2.05) is 11.0 Å². The van der Waals surface area contributed by atoms with E-state index >= 15 is 0 Å². The third kappa shape index (κ3) is 5.61. The van der Waals surface area contributed by atoms with Crippen LogP contribution in [0.15, 0.2) is 34.2 Å². The number of piperidine rings is 1. The summed E-state index contributed by atoms with van der Waals surface area (Å²) in [5, 5.41) is 3.36. The molecular formula is C20H29FN4O2S. The predicted molar refractivity (Wildman–Crippen MR) is 110 cm³/mol. The molecule has 3 rings (SSSR count). The topological polar surface area (TPSA) is 57.2 Å². The van der Waals surface area contributed by atoms with Crippen LogP contribution in [-0.2, 0) is 9.53 Å². The SMILES string of the molecule is CN=C(NCCSc1ccccc1F)N1CCC(C(=O)N2CCOCC2)CC1. The highest BCUT2D eigenvalue weighted by Gasteiger charge is 2.30. The van der Waals surface area contributed by atoms with Gasteiger partial charge in [0.15, 0.2) is 5.96 Å². The lowest BCUT2D eigenvalue weighted by molar-refractivity contribution is -0.140. The van der Waals surface area contributed by atoms with Crippen molar-refractivity contribution < 1.29 is 13.9 Å². The number of thioether (sulfide) groups is 1. The number of amides is 1. The van der Waals surface area contributed by atoms with E-state index in [2.05, 4.69) is 15.2 Å². The standard InChI is InChI=1S/C20H29FN4O2S/c1-22-20(23-8-15-28-18-5-3-2-4-17(18)21)25-9-6-16(7-10-25)19(26)24-11-13-27-14-12-24/h2-5,16H,6-15H2,1H3,(H,22,23). The number of benzene rings is 1. The van der Waals surface area contributed by atoms with Crippen LogP contribution in [-0.4, -0.2) is 80.4 Å². The Morgan fingerprint density at radius 1 is 1.21 bits per heavy atom. The minimum Gasteiger partial charge on any atom is -0.378 e. The monoisotopic (exact) mass is 408 g/mol. The summed E-state index contributed by atoms with van der Waals surface area (Å²) in [6.45, 7) is 5.06. The Morgan fingerprint density at radius 3 is 2.61 bits per heavy atom. The Morgan fingerprint density at radius 2 is 1.93 bits per heavy atom. The van der Waals surface area contributed by atoms with E-state index < -0.39 is 0 Å². The van der Waals surface area contributed by atoms with E-state index in [1.165, 1.54) is 17.8 Å². The van der Waals surface area contributed by atoms with Crippen molar-refractivity contribution in [2.75, 3.05) is 58.7 Å². The van der Waals surface area contributed by atoms with E-state index in [4.69, 9.17) is 4.74 Å².